The van der Waals surface area contributed by atoms with Crippen molar-refractivity contribution in [3.8, 4) is 0 Å². The van der Waals surface area contributed by atoms with Crippen LogP contribution in [0.2, 0.25) is 0 Å². The molecule has 2 unspecified atom stereocenters. The predicted molar refractivity (Wildman–Crippen MR) is 50.3 cm³/mol. The van der Waals surface area contributed by atoms with Crippen LogP contribution in [0.3, 0.4) is 0 Å². The fourth-order valence-electron chi connectivity index (χ4n) is 1.41. The van der Waals surface area contributed by atoms with Gasteiger partial charge in [0.2, 0.25) is 0 Å². The molecular weight excluding hydrogens is 164 g/mol. The molecule has 0 radical (unpaired) electrons. The summed E-state index contributed by atoms with van der Waals surface area (Å²) in [5, 5.41) is 0. The third kappa shape index (κ3) is 1.74. The third-order valence-corrected chi connectivity index (χ3v) is 2.41. The Labute approximate surface area is 78.5 Å². The quantitative estimate of drug-likeness (QED) is 0.657. The van der Waals surface area contributed by atoms with E-state index in [1.807, 2.05) is 44.2 Å². The van der Waals surface area contributed by atoms with Crippen LogP contribution in [-0.2, 0) is 9.47 Å². The van der Waals surface area contributed by atoms with Crippen molar-refractivity contribution < 1.29 is 9.47 Å². The minimum absolute atomic E-state index is 0.175. The lowest BCUT2D eigenvalue weighted by Gasteiger charge is -2.09. The van der Waals surface area contributed by atoms with Crippen molar-refractivity contribution >= 4 is 0 Å². The molecule has 70 valence electrons. The average molecular weight is 178 g/mol. The Bertz CT molecular complexity index is 261. The molecule has 0 aromatic heterocycles. The molecule has 1 saturated heterocycles. The number of hydrogen-bond donors (Lipinski definition) is 0. The monoisotopic (exact) mass is 178 g/mol. The largest absolute Gasteiger partial charge is 0.343 e. The molecule has 2 heteroatoms. The topological polar surface area (TPSA) is 18.5 Å². The van der Waals surface area contributed by atoms with Gasteiger partial charge in [-0.1, -0.05) is 30.3 Å². The summed E-state index contributed by atoms with van der Waals surface area (Å²) in [6, 6.07) is 10.0. The first-order valence-corrected chi connectivity index (χ1v) is 4.63. The molecule has 1 aromatic carbocycles. The van der Waals surface area contributed by atoms with E-state index in [1.165, 1.54) is 0 Å². The molecule has 1 aromatic rings. The lowest BCUT2D eigenvalue weighted by Crippen LogP contribution is -2.13. The van der Waals surface area contributed by atoms with Crippen molar-refractivity contribution in [1.29, 1.82) is 0 Å². The molecule has 2 nitrogen and oxygen atoms in total. The summed E-state index contributed by atoms with van der Waals surface area (Å²) in [5.74, 6) is 0. The molecule has 2 rings (SSSR count). The first kappa shape index (κ1) is 8.73. The second kappa shape index (κ2) is 3.48. The Hall–Kier alpha value is -0.860. The highest BCUT2D eigenvalue weighted by Gasteiger charge is 2.30. The summed E-state index contributed by atoms with van der Waals surface area (Å²) < 4.78 is 11.3. The van der Waals surface area contributed by atoms with Crippen molar-refractivity contribution in [2.75, 3.05) is 0 Å². The van der Waals surface area contributed by atoms with E-state index in [0.29, 0.717) is 0 Å². The molecule has 13 heavy (non-hydrogen) atoms. The number of hydrogen-bond acceptors (Lipinski definition) is 2. The number of benzene rings is 1. The molecule has 0 aliphatic carbocycles. The van der Waals surface area contributed by atoms with Crippen LogP contribution < -0.4 is 0 Å². The zero-order chi connectivity index (χ0) is 9.26. The maximum Gasteiger partial charge on any atom is 0.184 e. The predicted octanol–water partition coefficient (Wildman–Crippen LogP) is 2.51. The van der Waals surface area contributed by atoms with Gasteiger partial charge in [-0.25, -0.2) is 0 Å². The highest BCUT2D eigenvalue weighted by molar-refractivity contribution is 5.16. The van der Waals surface area contributed by atoms with Crippen LogP contribution in [0.15, 0.2) is 30.3 Å². The second-order valence-electron chi connectivity index (χ2n) is 3.43. The fourth-order valence-corrected chi connectivity index (χ4v) is 1.41. The van der Waals surface area contributed by atoms with E-state index in [1.54, 1.807) is 0 Å². The molecule has 0 N–H and O–H groups in total. The summed E-state index contributed by atoms with van der Waals surface area (Å²) in [5.41, 5.74) is 1.10. The highest BCUT2D eigenvalue weighted by Crippen LogP contribution is 2.30. The molecule has 0 saturated carbocycles. The Balaban J connectivity index is 2.12. The van der Waals surface area contributed by atoms with Gasteiger partial charge < -0.3 is 9.47 Å². The fraction of sp³-hybridized carbons (Fsp3) is 0.455. The summed E-state index contributed by atoms with van der Waals surface area (Å²) in [6.45, 7) is 4.07. The van der Waals surface area contributed by atoms with Gasteiger partial charge in [-0.3, -0.25) is 0 Å². The molecular formula is C11H14O2. The van der Waals surface area contributed by atoms with Gasteiger partial charge in [0.1, 0.15) is 0 Å². The van der Waals surface area contributed by atoms with E-state index in [4.69, 9.17) is 9.47 Å². The minimum Gasteiger partial charge on any atom is -0.343 e. The van der Waals surface area contributed by atoms with Gasteiger partial charge in [0.15, 0.2) is 6.29 Å². The van der Waals surface area contributed by atoms with Crippen LogP contribution in [0.5, 0.6) is 0 Å². The van der Waals surface area contributed by atoms with Gasteiger partial charge in [-0.2, -0.15) is 0 Å². The average Bonchev–Trinajstić information content (AvgIpc) is 2.49. The molecule has 1 heterocycles. The van der Waals surface area contributed by atoms with Gasteiger partial charge in [0, 0.05) is 5.56 Å². The van der Waals surface area contributed by atoms with Crippen molar-refractivity contribution in [2.24, 2.45) is 0 Å². The zero-order valence-corrected chi connectivity index (χ0v) is 7.94. The summed E-state index contributed by atoms with van der Waals surface area (Å²) in [4.78, 5) is 0. The van der Waals surface area contributed by atoms with Crippen LogP contribution in [0.25, 0.3) is 0 Å². The Morgan fingerprint density at radius 3 is 2.00 bits per heavy atom. The van der Waals surface area contributed by atoms with Gasteiger partial charge in [-0.05, 0) is 13.8 Å². The minimum atomic E-state index is -0.175. The third-order valence-electron chi connectivity index (χ3n) is 2.41. The first-order chi connectivity index (χ1) is 6.27. The molecule has 0 spiro atoms. The standard InChI is InChI=1S/C11H14O2/c1-8-9(2)13-11(12-8)10-6-4-3-5-7-10/h3-9,11H,1-2H3/t8-,9?,11?/m1/s1. The summed E-state index contributed by atoms with van der Waals surface area (Å²) >= 11 is 0. The van der Waals surface area contributed by atoms with Gasteiger partial charge >= 0.3 is 0 Å². The maximum atomic E-state index is 5.64. The van der Waals surface area contributed by atoms with Crippen LogP contribution in [-0.4, -0.2) is 12.2 Å². The second-order valence-corrected chi connectivity index (χ2v) is 3.43. The zero-order valence-electron chi connectivity index (χ0n) is 7.94. The maximum absolute atomic E-state index is 5.64. The van der Waals surface area contributed by atoms with E-state index in [0.717, 1.165) is 5.56 Å². The van der Waals surface area contributed by atoms with Crippen LogP contribution in [0.1, 0.15) is 25.7 Å². The van der Waals surface area contributed by atoms with Crippen LogP contribution in [0.4, 0.5) is 0 Å². The molecule has 0 bridgehead atoms. The highest BCUT2D eigenvalue weighted by atomic mass is 16.7. The normalized spacial score (nSPS) is 33.5. The van der Waals surface area contributed by atoms with Crippen molar-refractivity contribution in [3.05, 3.63) is 35.9 Å². The van der Waals surface area contributed by atoms with E-state index >= 15 is 0 Å². The number of ether oxygens (including phenoxy) is 2. The van der Waals surface area contributed by atoms with Gasteiger partial charge in [0.25, 0.3) is 0 Å². The van der Waals surface area contributed by atoms with Gasteiger partial charge in [-0.15, -0.1) is 0 Å². The van der Waals surface area contributed by atoms with Crippen molar-refractivity contribution in [1.82, 2.24) is 0 Å². The van der Waals surface area contributed by atoms with E-state index in [9.17, 15) is 0 Å². The van der Waals surface area contributed by atoms with E-state index in [-0.39, 0.29) is 18.5 Å². The van der Waals surface area contributed by atoms with Crippen LogP contribution in [0, 0.1) is 0 Å². The molecule has 1 fully saturated rings. The molecule has 1 aliphatic heterocycles. The van der Waals surface area contributed by atoms with Crippen LogP contribution >= 0.6 is 0 Å². The Morgan fingerprint density at radius 1 is 0.923 bits per heavy atom. The Morgan fingerprint density at radius 2 is 1.46 bits per heavy atom. The smallest absolute Gasteiger partial charge is 0.184 e. The molecule has 1 aliphatic rings. The Kier molecular flexibility index (Phi) is 2.34. The van der Waals surface area contributed by atoms with E-state index < -0.39 is 0 Å². The molecule has 3 atom stereocenters. The van der Waals surface area contributed by atoms with Gasteiger partial charge in [0.05, 0.1) is 12.2 Å². The van der Waals surface area contributed by atoms with Crippen molar-refractivity contribution in [2.45, 2.75) is 32.3 Å². The lowest BCUT2D eigenvalue weighted by atomic mass is 10.2. The summed E-state index contributed by atoms with van der Waals surface area (Å²) in [7, 11) is 0. The summed E-state index contributed by atoms with van der Waals surface area (Å²) in [6.07, 6.45) is 0.196. The molecule has 0 amide bonds. The number of rotatable bonds is 1. The lowest BCUT2D eigenvalue weighted by molar-refractivity contribution is -0.0652. The first-order valence-electron chi connectivity index (χ1n) is 4.63. The van der Waals surface area contributed by atoms with E-state index in [2.05, 4.69) is 0 Å². The SMILES string of the molecule is CC1OC(c2ccccc2)O[C@@H]1C. The van der Waals surface area contributed by atoms with Crippen molar-refractivity contribution in [3.63, 3.8) is 0 Å².